The molecule has 110 valence electrons. The highest BCUT2D eigenvalue weighted by atomic mass is 19.1. The molecule has 22 heavy (non-hydrogen) atoms. The Morgan fingerprint density at radius 2 is 1.64 bits per heavy atom. The fourth-order valence-electron chi connectivity index (χ4n) is 2.55. The number of rotatable bonds is 4. The van der Waals surface area contributed by atoms with Crippen molar-refractivity contribution in [3.63, 3.8) is 0 Å². The molecule has 0 fully saturated rings. The Balaban J connectivity index is 2.17. The molecule has 1 heterocycles. The molecule has 0 bridgehead atoms. The van der Waals surface area contributed by atoms with Crippen molar-refractivity contribution in [2.75, 3.05) is 7.11 Å². The molecule has 3 rings (SSSR count). The number of methoxy groups -OCH3 is 1. The summed E-state index contributed by atoms with van der Waals surface area (Å²) >= 11 is 0. The van der Waals surface area contributed by atoms with Gasteiger partial charge < -0.3 is 4.74 Å². The Morgan fingerprint density at radius 3 is 2.32 bits per heavy atom. The van der Waals surface area contributed by atoms with Crippen molar-refractivity contribution >= 4 is 0 Å². The molecule has 1 atom stereocenters. The van der Waals surface area contributed by atoms with Gasteiger partial charge in [0.1, 0.15) is 12.1 Å². The highest BCUT2D eigenvalue weighted by molar-refractivity contribution is 5.45. The summed E-state index contributed by atoms with van der Waals surface area (Å²) in [5, 5.41) is 0. The number of hydrogen-bond acceptors (Lipinski definition) is 3. The molecule has 2 aromatic carbocycles. The zero-order valence-electron chi connectivity index (χ0n) is 12.1. The van der Waals surface area contributed by atoms with Gasteiger partial charge >= 0.3 is 0 Å². The van der Waals surface area contributed by atoms with Crippen molar-refractivity contribution in [1.82, 2.24) is 9.97 Å². The Hall–Kier alpha value is -2.75. The molecule has 0 N–H and O–H groups in total. The van der Waals surface area contributed by atoms with E-state index in [2.05, 4.69) is 9.97 Å². The van der Waals surface area contributed by atoms with Crippen molar-refractivity contribution in [1.29, 1.82) is 0 Å². The molecule has 0 amide bonds. The summed E-state index contributed by atoms with van der Waals surface area (Å²) in [5.74, 6) is 0.151. The first-order valence-corrected chi connectivity index (χ1v) is 6.94. The lowest BCUT2D eigenvalue weighted by atomic mass is 9.86. The van der Waals surface area contributed by atoms with Crippen LogP contribution < -0.4 is 4.74 Å². The monoisotopic (exact) mass is 294 g/mol. The van der Waals surface area contributed by atoms with Crippen LogP contribution in [0, 0.1) is 5.82 Å². The number of halogens is 1. The Bertz CT molecular complexity index is 745. The van der Waals surface area contributed by atoms with Gasteiger partial charge in [-0.3, -0.25) is 0 Å². The quantitative estimate of drug-likeness (QED) is 0.734. The molecule has 0 saturated carbocycles. The van der Waals surface area contributed by atoms with E-state index >= 15 is 0 Å². The smallest absolute Gasteiger partial charge is 0.220 e. The predicted molar refractivity (Wildman–Crippen MR) is 82.4 cm³/mol. The van der Waals surface area contributed by atoms with Crippen LogP contribution in [0.1, 0.15) is 22.6 Å². The van der Waals surface area contributed by atoms with Gasteiger partial charge in [0.05, 0.1) is 7.11 Å². The van der Waals surface area contributed by atoms with Crippen LogP contribution in [-0.2, 0) is 0 Å². The van der Waals surface area contributed by atoms with E-state index in [1.165, 1.54) is 18.5 Å². The number of nitrogens with zero attached hydrogens (tertiary/aromatic N) is 2. The molecular formula is C18H15FN2O. The highest BCUT2D eigenvalue weighted by Crippen LogP contribution is 2.35. The first-order valence-electron chi connectivity index (χ1n) is 6.94. The zero-order valence-corrected chi connectivity index (χ0v) is 12.1. The normalized spacial score (nSPS) is 11.9. The first kappa shape index (κ1) is 14.2. The van der Waals surface area contributed by atoms with Crippen molar-refractivity contribution in [3.8, 4) is 5.88 Å². The third kappa shape index (κ3) is 2.81. The largest absolute Gasteiger partial charge is 0.481 e. The van der Waals surface area contributed by atoms with Crippen LogP contribution >= 0.6 is 0 Å². The van der Waals surface area contributed by atoms with Crippen molar-refractivity contribution in [2.24, 2.45) is 0 Å². The predicted octanol–water partition coefficient (Wildman–Crippen LogP) is 3.80. The third-order valence-electron chi connectivity index (χ3n) is 3.54. The maximum atomic E-state index is 13.3. The summed E-state index contributed by atoms with van der Waals surface area (Å²) in [7, 11) is 1.58. The van der Waals surface area contributed by atoms with Crippen LogP contribution in [0.5, 0.6) is 5.88 Å². The molecule has 0 unspecified atom stereocenters. The summed E-state index contributed by atoms with van der Waals surface area (Å²) in [4.78, 5) is 8.30. The van der Waals surface area contributed by atoms with E-state index in [0.29, 0.717) is 5.88 Å². The van der Waals surface area contributed by atoms with E-state index in [9.17, 15) is 4.39 Å². The average molecular weight is 294 g/mol. The lowest BCUT2D eigenvalue weighted by Crippen LogP contribution is -2.07. The topological polar surface area (TPSA) is 35.0 Å². The van der Waals surface area contributed by atoms with E-state index in [4.69, 9.17) is 4.74 Å². The Kier molecular flexibility index (Phi) is 4.10. The Labute approximate surface area is 128 Å². The maximum Gasteiger partial charge on any atom is 0.220 e. The lowest BCUT2D eigenvalue weighted by molar-refractivity contribution is 0.390. The van der Waals surface area contributed by atoms with Gasteiger partial charge in [-0.2, -0.15) is 0 Å². The van der Waals surface area contributed by atoms with Crippen LogP contribution in [0.15, 0.2) is 67.1 Å². The molecule has 0 saturated heterocycles. The summed E-state index contributed by atoms with van der Waals surface area (Å²) in [5.41, 5.74) is 2.88. The van der Waals surface area contributed by atoms with Crippen molar-refractivity contribution in [3.05, 3.63) is 89.6 Å². The van der Waals surface area contributed by atoms with Crippen LogP contribution in [0.3, 0.4) is 0 Å². The van der Waals surface area contributed by atoms with Gasteiger partial charge in [0.15, 0.2) is 0 Å². The molecule has 0 radical (unpaired) electrons. The van der Waals surface area contributed by atoms with E-state index in [0.717, 1.165) is 16.7 Å². The van der Waals surface area contributed by atoms with E-state index < -0.39 is 0 Å². The number of aromatic nitrogens is 2. The number of hydrogen-bond donors (Lipinski definition) is 0. The van der Waals surface area contributed by atoms with Crippen LogP contribution in [-0.4, -0.2) is 17.1 Å². The first-order chi connectivity index (χ1) is 10.8. The SMILES string of the molecule is COc1ncncc1[C@H](c1ccccc1)c1ccc(F)cc1. The van der Waals surface area contributed by atoms with E-state index in [1.54, 1.807) is 25.4 Å². The summed E-state index contributed by atoms with van der Waals surface area (Å²) in [6.07, 6.45) is 3.20. The van der Waals surface area contributed by atoms with Gasteiger partial charge in [-0.15, -0.1) is 0 Å². The van der Waals surface area contributed by atoms with E-state index in [1.807, 2.05) is 30.3 Å². The van der Waals surface area contributed by atoms with Gasteiger partial charge in [-0.05, 0) is 23.3 Å². The standard InChI is InChI=1S/C18H15FN2O/c1-22-18-16(11-20-12-21-18)17(13-5-3-2-4-6-13)14-7-9-15(19)10-8-14/h2-12,17H,1H3/t17-/m1/s1. The zero-order chi connectivity index (χ0) is 15.4. The van der Waals surface area contributed by atoms with E-state index in [-0.39, 0.29) is 11.7 Å². The van der Waals surface area contributed by atoms with Crippen molar-refractivity contribution < 1.29 is 9.13 Å². The number of benzene rings is 2. The van der Waals surface area contributed by atoms with Gasteiger partial charge in [-0.25, -0.2) is 14.4 Å². The molecule has 0 spiro atoms. The van der Waals surface area contributed by atoms with Crippen LogP contribution in [0.25, 0.3) is 0 Å². The highest BCUT2D eigenvalue weighted by Gasteiger charge is 2.21. The second-order valence-corrected chi connectivity index (χ2v) is 4.88. The maximum absolute atomic E-state index is 13.3. The fourth-order valence-corrected chi connectivity index (χ4v) is 2.55. The summed E-state index contributed by atoms with van der Waals surface area (Å²) in [6, 6.07) is 16.4. The van der Waals surface area contributed by atoms with Gasteiger partial charge in [0, 0.05) is 17.7 Å². The second-order valence-electron chi connectivity index (χ2n) is 4.88. The summed E-state index contributed by atoms with van der Waals surface area (Å²) in [6.45, 7) is 0. The average Bonchev–Trinajstić information content (AvgIpc) is 2.58. The molecule has 4 heteroatoms. The lowest BCUT2D eigenvalue weighted by Gasteiger charge is -2.19. The van der Waals surface area contributed by atoms with Gasteiger partial charge in [0.2, 0.25) is 5.88 Å². The molecule has 0 aliphatic rings. The number of ether oxygens (including phenoxy) is 1. The molecule has 1 aromatic heterocycles. The van der Waals surface area contributed by atoms with Crippen molar-refractivity contribution in [2.45, 2.75) is 5.92 Å². The molecule has 3 aromatic rings. The van der Waals surface area contributed by atoms with Crippen LogP contribution in [0.2, 0.25) is 0 Å². The molecule has 3 nitrogen and oxygen atoms in total. The fraction of sp³-hybridized carbons (Fsp3) is 0.111. The molecular weight excluding hydrogens is 279 g/mol. The molecule has 0 aliphatic heterocycles. The third-order valence-corrected chi connectivity index (χ3v) is 3.54. The minimum absolute atomic E-state index is 0.113. The minimum atomic E-state index is -0.258. The Morgan fingerprint density at radius 1 is 0.955 bits per heavy atom. The van der Waals surface area contributed by atoms with Gasteiger partial charge in [0.25, 0.3) is 0 Å². The summed E-state index contributed by atoms with van der Waals surface area (Å²) < 4.78 is 18.6. The molecule has 0 aliphatic carbocycles. The van der Waals surface area contributed by atoms with Crippen LogP contribution in [0.4, 0.5) is 4.39 Å². The minimum Gasteiger partial charge on any atom is -0.481 e. The van der Waals surface area contributed by atoms with Gasteiger partial charge in [-0.1, -0.05) is 42.5 Å². The second kappa shape index (κ2) is 6.35.